The van der Waals surface area contributed by atoms with Gasteiger partial charge in [0, 0.05) is 25.2 Å². The summed E-state index contributed by atoms with van der Waals surface area (Å²) in [5.41, 5.74) is 7.34. The third kappa shape index (κ3) is 3.30. The van der Waals surface area contributed by atoms with E-state index < -0.39 is 0 Å². The molecule has 0 spiro atoms. The monoisotopic (exact) mass is 219 g/mol. The van der Waals surface area contributed by atoms with E-state index in [-0.39, 0.29) is 6.04 Å². The van der Waals surface area contributed by atoms with E-state index in [2.05, 4.69) is 22.8 Å². The van der Waals surface area contributed by atoms with Crippen molar-refractivity contribution >= 4 is 0 Å². The van der Waals surface area contributed by atoms with Gasteiger partial charge in [0.2, 0.25) is 0 Å². The van der Waals surface area contributed by atoms with E-state index in [1.807, 2.05) is 18.2 Å². The molecular weight excluding hydrogens is 198 g/mol. The maximum Gasteiger partial charge on any atom is 0.0421 e. The molecule has 1 aromatic rings. The Hall–Kier alpha value is -0.900. The average Bonchev–Trinajstić information content (AvgIpc) is 2.38. The summed E-state index contributed by atoms with van der Waals surface area (Å²) < 4.78 is 0. The van der Waals surface area contributed by atoms with Crippen LogP contribution in [0.3, 0.4) is 0 Å². The first-order valence-electron chi connectivity index (χ1n) is 6.11. The Balaban J connectivity index is 1.77. The lowest BCUT2D eigenvalue weighted by Crippen LogP contribution is -2.45. The van der Waals surface area contributed by atoms with Crippen LogP contribution in [0.15, 0.2) is 30.3 Å². The lowest BCUT2D eigenvalue weighted by atomic mass is 10.1. The molecule has 1 aliphatic rings. The molecule has 2 rings (SSSR count). The quantitative estimate of drug-likeness (QED) is 0.709. The minimum absolute atomic E-state index is 0.100. The SMILES string of the molecule is NC(CN[C@H]1CCCNC1)c1ccccc1. The lowest BCUT2D eigenvalue weighted by molar-refractivity contribution is 0.381. The summed E-state index contributed by atoms with van der Waals surface area (Å²) in [5, 5.41) is 6.93. The van der Waals surface area contributed by atoms with Gasteiger partial charge >= 0.3 is 0 Å². The van der Waals surface area contributed by atoms with Crippen molar-refractivity contribution in [3.8, 4) is 0 Å². The zero-order valence-corrected chi connectivity index (χ0v) is 9.65. The maximum atomic E-state index is 6.13. The number of rotatable bonds is 4. The summed E-state index contributed by atoms with van der Waals surface area (Å²) in [6.45, 7) is 3.08. The highest BCUT2D eigenvalue weighted by Crippen LogP contribution is 2.09. The zero-order chi connectivity index (χ0) is 11.2. The van der Waals surface area contributed by atoms with Crippen LogP contribution in [0.4, 0.5) is 0 Å². The van der Waals surface area contributed by atoms with Crippen LogP contribution in [0.2, 0.25) is 0 Å². The Bertz CT molecular complexity index is 293. The van der Waals surface area contributed by atoms with Crippen molar-refractivity contribution in [1.29, 1.82) is 0 Å². The van der Waals surface area contributed by atoms with Gasteiger partial charge in [0.05, 0.1) is 0 Å². The van der Waals surface area contributed by atoms with Crippen molar-refractivity contribution in [3.63, 3.8) is 0 Å². The van der Waals surface area contributed by atoms with Crippen LogP contribution in [-0.2, 0) is 0 Å². The van der Waals surface area contributed by atoms with E-state index in [0.29, 0.717) is 6.04 Å². The normalized spacial score (nSPS) is 22.9. The summed E-state index contributed by atoms with van der Waals surface area (Å²) >= 11 is 0. The molecule has 1 saturated heterocycles. The van der Waals surface area contributed by atoms with Crippen LogP contribution < -0.4 is 16.4 Å². The van der Waals surface area contributed by atoms with Crippen LogP contribution in [0.5, 0.6) is 0 Å². The third-order valence-electron chi connectivity index (χ3n) is 3.15. The fourth-order valence-corrected chi connectivity index (χ4v) is 2.14. The van der Waals surface area contributed by atoms with Gasteiger partial charge in [-0.25, -0.2) is 0 Å². The molecule has 88 valence electrons. The molecular formula is C13H21N3. The fraction of sp³-hybridized carbons (Fsp3) is 0.538. The Labute approximate surface area is 97.4 Å². The molecule has 0 radical (unpaired) electrons. The molecule has 0 bridgehead atoms. The Morgan fingerprint density at radius 1 is 1.38 bits per heavy atom. The van der Waals surface area contributed by atoms with Gasteiger partial charge in [-0.3, -0.25) is 0 Å². The van der Waals surface area contributed by atoms with E-state index in [9.17, 15) is 0 Å². The minimum Gasteiger partial charge on any atom is -0.323 e. The summed E-state index contributed by atoms with van der Waals surface area (Å²) in [6.07, 6.45) is 2.52. The van der Waals surface area contributed by atoms with E-state index >= 15 is 0 Å². The van der Waals surface area contributed by atoms with Crippen LogP contribution in [0.25, 0.3) is 0 Å². The number of piperidine rings is 1. The standard InChI is InChI=1S/C13H21N3/c14-13(11-5-2-1-3-6-11)10-16-12-7-4-8-15-9-12/h1-3,5-6,12-13,15-16H,4,7-10,14H2/t12-,13?/m0/s1. The molecule has 1 aromatic carbocycles. The molecule has 0 aliphatic carbocycles. The Morgan fingerprint density at radius 3 is 2.88 bits per heavy atom. The second kappa shape index (κ2) is 5.99. The molecule has 3 heteroatoms. The number of hydrogen-bond donors (Lipinski definition) is 3. The predicted octanol–water partition coefficient (Wildman–Crippen LogP) is 1.03. The molecule has 4 N–H and O–H groups in total. The highest BCUT2D eigenvalue weighted by atomic mass is 15.0. The Morgan fingerprint density at radius 2 is 2.19 bits per heavy atom. The van der Waals surface area contributed by atoms with Crippen LogP contribution in [-0.4, -0.2) is 25.7 Å². The van der Waals surface area contributed by atoms with Crippen LogP contribution in [0.1, 0.15) is 24.4 Å². The van der Waals surface area contributed by atoms with Gasteiger partial charge in [-0.2, -0.15) is 0 Å². The predicted molar refractivity (Wildman–Crippen MR) is 67.3 cm³/mol. The highest BCUT2D eigenvalue weighted by Gasteiger charge is 2.13. The summed E-state index contributed by atoms with van der Waals surface area (Å²) in [7, 11) is 0. The first kappa shape index (κ1) is 11.6. The number of benzene rings is 1. The second-order valence-electron chi connectivity index (χ2n) is 4.47. The molecule has 1 unspecified atom stereocenters. The molecule has 1 aliphatic heterocycles. The van der Waals surface area contributed by atoms with Crippen molar-refractivity contribution in [1.82, 2.24) is 10.6 Å². The molecule has 2 atom stereocenters. The topological polar surface area (TPSA) is 50.1 Å². The van der Waals surface area contributed by atoms with Gasteiger partial charge in [0.25, 0.3) is 0 Å². The number of nitrogens with one attached hydrogen (secondary N) is 2. The zero-order valence-electron chi connectivity index (χ0n) is 9.65. The third-order valence-corrected chi connectivity index (χ3v) is 3.15. The van der Waals surface area contributed by atoms with Gasteiger partial charge in [-0.1, -0.05) is 30.3 Å². The van der Waals surface area contributed by atoms with E-state index in [4.69, 9.17) is 5.73 Å². The summed E-state index contributed by atoms with van der Waals surface area (Å²) in [6, 6.07) is 11.0. The van der Waals surface area contributed by atoms with Crippen LogP contribution >= 0.6 is 0 Å². The van der Waals surface area contributed by atoms with Gasteiger partial charge in [0.15, 0.2) is 0 Å². The summed E-state index contributed by atoms with van der Waals surface area (Å²) in [4.78, 5) is 0. The highest BCUT2D eigenvalue weighted by molar-refractivity contribution is 5.18. The average molecular weight is 219 g/mol. The fourth-order valence-electron chi connectivity index (χ4n) is 2.14. The molecule has 0 saturated carbocycles. The van der Waals surface area contributed by atoms with Gasteiger partial charge in [-0.15, -0.1) is 0 Å². The van der Waals surface area contributed by atoms with Crippen molar-refractivity contribution in [3.05, 3.63) is 35.9 Å². The maximum absolute atomic E-state index is 6.13. The molecule has 3 nitrogen and oxygen atoms in total. The van der Waals surface area contributed by atoms with Crippen LogP contribution in [0, 0.1) is 0 Å². The number of hydrogen-bond acceptors (Lipinski definition) is 3. The van der Waals surface area contributed by atoms with Gasteiger partial charge in [-0.05, 0) is 24.9 Å². The molecule has 0 amide bonds. The van der Waals surface area contributed by atoms with Crippen molar-refractivity contribution in [2.75, 3.05) is 19.6 Å². The van der Waals surface area contributed by atoms with Crippen molar-refractivity contribution in [2.45, 2.75) is 24.9 Å². The van der Waals surface area contributed by atoms with Crippen molar-refractivity contribution in [2.24, 2.45) is 5.73 Å². The summed E-state index contributed by atoms with van der Waals surface area (Å²) in [5.74, 6) is 0. The number of nitrogens with two attached hydrogens (primary N) is 1. The molecule has 1 heterocycles. The van der Waals surface area contributed by atoms with Gasteiger partial charge < -0.3 is 16.4 Å². The largest absolute Gasteiger partial charge is 0.323 e. The van der Waals surface area contributed by atoms with E-state index in [0.717, 1.165) is 19.6 Å². The first-order valence-corrected chi connectivity index (χ1v) is 6.11. The second-order valence-corrected chi connectivity index (χ2v) is 4.47. The Kier molecular flexibility index (Phi) is 4.34. The smallest absolute Gasteiger partial charge is 0.0421 e. The van der Waals surface area contributed by atoms with E-state index in [1.54, 1.807) is 0 Å². The molecule has 16 heavy (non-hydrogen) atoms. The first-order chi connectivity index (χ1) is 7.86. The lowest BCUT2D eigenvalue weighted by Gasteiger charge is -2.25. The molecule has 1 fully saturated rings. The molecule has 0 aromatic heterocycles. The van der Waals surface area contributed by atoms with Crippen molar-refractivity contribution < 1.29 is 0 Å². The van der Waals surface area contributed by atoms with Gasteiger partial charge in [0.1, 0.15) is 0 Å². The van der Waals surface area contributed by atoms with E-state index in [1.165, 1.54) is 18.4 Å². The minimum atomic E-state index is 0.100.